The molecule has 5 rings (SSSR count). The number of benzene rings is 1. The summed E-state index contributed by atoms with van der Waals surface area (Å²) in [6.45, 7) is 1.55. The first-order valence-electron chi connectivity index (χ1n) is 9.89. The first kappa shape index (κ1) is 16.2. The van der Waals surface area contributed by atoms with Crippen LogP contribution in [0.2, 0.25) is 0 Å². The summed E-state index contributed by atoms with van der Waals surface area (Å²) in [5, 5.41) is 0.949. The molecule has 2 aromatic rings. The lowest BCUT2D eigenvalue weighted by molar-refractivity contribution is -0.000581. The summed E-state index contributed by atoms with van der Waals surface area (Å²) in [6.07, 6.45) is 6.46. The third kappa shape index (κ3) is 2.52. The van der Waals surface area contributed by atoms with Gasteiger partial charge in [0.25, 0.3) is 0 Å². The fraction of sp³-hybridized carbons (Fsp3) is 0.571. The number of nitrogens with zero attached hydrogens (tertiary/aromatic N) is 2. The van der Waals surface area contributed by atoms with Crippen LogP contribution < -0.4 is 4.74 Å². The Morgan fingerprint density at radius 3 is 2.73 bits per heavy atom. The minimum atomic E-state index is -0.217. The van der Waals surface area contributed by atoms with E-state index >= 15 is 0 Å². The topological polar surface area (TPSA) is 43.7 Å². The lowest BCUT2D eigenvalue weighted by Gasteiger charge is -2.35. The standard InChI is InChI=1S/C21H26N2O3/c1-22-14-8-9-15(22)13-16(12-14)26-21(24)19-17-6-2-3-7-18(17)23-10-4-5-11-25-20(19)23/h2-3,6-7,14-16H,4-5,8-13H2,1H3. The van der Waals surface area contributed by atoms with Crippen LogP contribution in [-0.2, 0) is 11.3 Å². The van der Waals surface area contributed by atoms with E-state index in [0.717, 1.165) is 43.1 Å². The van der Waals surface area contributed by atoms with Crippen molar-refractivity contribution in [2.24, 2.45) is 0 Å². The third-order valence-electron chi connectivity index (χ3n) is 6.47. The molecule has 26 heavy (non-hydrogen) atoms. The molecule has 2 unspecified atom stereocenters. The van der Waals surface area contributed by atoms with Crippen LogP contribution in [0.3, 0.4) is 0 Å². The Morgan fingerprint density at radius 1 is 1.15 bits per heavy atom. The molecular formula is C21H26N2O3. The molecule has 5 nitrogen and oxygen atoms in total. The van der Waals surface area contributed by atoms with Crippen LogP contribution in [-0.4, -0.2) is 47.3 Å². The molecule has 1 aromatic carbocycles. The van der Waals surface area contributed by atoms with Crippen LogP contribution in [0, 0.1) is 0 Å². The van der Waals surface area contributed by atoms with Gasteiger partial charge in [-0.3, -0.25) is 0 Å². The van der Waals surface area contributed by atoms with Gasteiger partial charge in [0.15, 0.2) is 0 Å². The Hall–Kier alpha value is -2.01. The van der Waals surface area contributed by atoms with E-state index in [1.807, 2.05) is 18.2 Å². The predicted octanol–water partition coefficient (Wildman–Crippen LogP) is 3.60. The van der Waals surface area contributed by atoms with Gasteiger partial charge in [0.1, 0.15) is 11.7 Å². The average Bonchev–Trinajstić information content (AvgIpc) is 2.93. The number of esters is 1. The molecule has 4 heterocycles. The number of ether oxygens (including phenoxy) is 2. The summed E-state index contributed by atoms with van der Waals surface area (Å²) in [4.78, 5) is 15.6. The number of aromatic nitrogens is 1. The van der Waals surface area contributed by atoms with Crippen LogP contribution >= 0.6 is 0 Å². The Kier molecular flexibility index (Phi) is 3.92. The van der Waals surface area contributed by atoms with E-state index in [0.29, 0.717) is 30.1 Å². The maximum atomic E-state index is 13.2. The molecule has 1 aromatic heterocycles. The van der Waals surface area contributed by atoms with E-state index in [1.54, 1.807) is 0 Å². The first-order valence-corrected chi connectivity index (χ1v) is 9.89. The zero-order chi connectivity index (χ0) is 17.7. The maximum Gasteiger partial charge on any atom is 0.344 e. The van der Waals surface area contributed by atoms with Gasteiger partial charge in [-0.05, 0) is 38.8 Å². The van der Waals surface area contributed by atoms with Gasteiger partial charge >= 0.3 is 5.97 Å². The number of fused-ring (bicyclic) bond motifs is 5. The normalized spacial score (nSPS) is 28.4. The van der Waals surface area contributed by atoms with Crippen LogP contribution in [0.1, 0.15) is 48.9 Å². The van der Waals surface area contributed by atoms with Crippen molar-refractivity contribution in [3.05, 3.63) is 29.8 Å². The highest BCUT2D eigenvalue weighted by Crippen LogP contribution is 2.38. The largest absolute Gasteiger partial charge is 0.478 e. The van der Waals surface area contributed by atoms with Gasteiger partial charge < -0.3 is 18.9 Å². The van der Waals surface area contributed by atoms with E-state index in [4.69, 9.17) is 9.47 Å². The van der Waals surface area contributed by atoms with Crippen molar-refractivity contribution in [2.45, 2.75) is 63.3 Å². The number of carbonyl (C=O) groups is 1. The number of carbonyl (C=O) groups excluding carboxylic acids is 1. The molecule has 0 saturated carbocycles. The van der Waals surface area contributed by atoms with Gasteiger partial charge in [-0.2, -0.15) is 0 Å². The number of hydrogen-bond donors (Lipinski definition) is 0. The summed E-state index contributed by atoms with van der Waals surface area (Å²) < 4.78 is 14.2. The molecule has 138 valence electrons. The SMILES string of the molecule is CN1C2CCC1CC(OC(=O)c1c3n(c4ccccc14)CCCCO3)C2. The molecule has 2 fully saturated rings. The molecule has 2 atom stereocenters. The molecule has 2 saturated heterocycles. The van der Waals surface area contributed by atoms with Gasteiger partial charge in [0.2, 0.25) is 5.88 Å². The van der Waals surface area contributed by atoms with Crippen LogP contribution in [0.15, 0.2) is 24.3 Å². The Balaban J connectivity index is 1.47. The number of rotatable bonds is 2. The summed E-state index contributed by atoms with van der Waals surface area (Å²) in [6, 6.07) is 9.20. The molecule has 2 bridgehead atoms. The quantitative estimate of drug-likeness (QED) is 0.773. The highest BCUT2D eigenvalue weighted by atomic mass is 16.5. The minimum absolute atomic E-state index is 0.0243. The lowest BCUT2D eigenvalue weighted by atomic mass is 10.0. The molecule has 0 N–H and O–H groups in total. The van der Waals surface area contributed by atoms with Crippen LogP contribution in [0.25, 0.3) is 10.9 Å². The number of para-hydroxylation sites is 1. The zero-order valence-electron chi connectivity index (χ0n) is 15.3. The monoisotopic (exact) mass is 354 g/mol. The molecule has 0 amide bonds. The molecule has 3 aliphatic rings. The summed E-state index contributed by atoms with van der Waals surface area (Å²) in [7, 11) is 2.20. The van der Waals surface area contributed by atoms with Gasteiger partial charge in [-0.1, -0.05) is 18.2 Å². The lowest BCUT2D eigenvalue weighted by Crippen LogP contribution is -2.43. The highest BCUT2D eigenvalue weighted by Gasteiger charge is 2.40. The summed E-state index contributed by atoms with van der Waals surface area (Å²) in [5.74, 6) is 0.482. The summed E-state index contributed by atoms with van der Waals surface area (Å²) in [5.41, 5.74) is 1.69. The Bertz CT molecular complexity index is 829. The second-order valence-electron chi connectivity index (χ2n) is 7.95. The second-order valence-corrected chi connectivity index (χ2v) is 7.95. The average molecular weight is 354 g/mol. The number of hydrogen-bond acceptors (Lipinski definition) is 4. The van der Waals surface area contributed by atoms with E-state index in [9.17, 15) is 4.79 Å². The zero-order valence-corrected chi connectivity index (χ0v) is 15.3. The Morgan fingerprint density at radius 2 is 1.92 bits per heavy atom. The smallest absolute Gasteiger partial charge is 0.344 e. The Labute approximate surface area is 153 Å². The molecule has 0 radical (unpaired) electrons. The van der Waals surface area contributed by atoms with Crippen molar-refractivity contribution in [1.29, 1.82) is 0 Å². The van der Waals surface area contributed by atoms with Crippen molar-refractivity contribution in [3.63, 3.8) is 0 Å². The van der Waals surface area contributed by atoms with Crippen LogP contribution in [0.4, 0.5) is 0 Å². The number of piperidine rings is 1. The van der Waals surface area contributed by atoms with Gasteiger partial charge in [0.05, 0.1) is 12.1 Å². The first-order chi connectivity index (χ1) is 12.7. The number of aryl methyl sites for hydroxylation is 1. The van der Waals surface area contributed by atoms with Crippen molar-refractivity contribution >= 4 is 16.9 Å². The molecular weight excluding hydrogens is 328 g/mol. The van der Waals surface area contributed by atoms with E-state index in [-0.39, 0.29) is 12.1 Å². The van der Waals surface area contributed by atoms with Crippen molar-refractivity contribution in [3.8, 4) is 5.88 Å². The molecule has 5 heteroatoms. The van der Waals surface area contributed by atoms with Crippen LogP contribution in [0.5, 0.6) is 5.88 Å². The van der Waals surface area contributed by atoms with E-state index in [2.05, 4.69) is 22.6 Å². The van der Waals surface area contributed by atoms with Gasteiger partial charge in [0, 0.05) is 36.9 Å². The van der Waals surface area contributed by atoms with E-state index in [1.165, 1.54) is 12.8 Å². The predicted molar refractivity (Wildman–Crippen MR) is 99.7 cm³/mol. The molecule has 0 spiro atoms. The van der Waals surface area contributed by atoms with Gasteiger partial charge in [-0.15, -0.1) is 0 Å². The van der Waals surface area contributed by atoms with Crippen molar-refractivity contribution in [2.75, 3.05) is 13.7 Å². The maximum absolute atomic E-state index is 13.2. The van der Waals surface area contributed by atoms with Crippen molar-refractivity contribution in [1.82, 2.24) is 9.47 Å². The minimum Gasteiger partial charge on any atom is -0.478 e. The van der Waals surface area contributed by atoms with Gasteiger partial charge in [-0.25, -0.2) is 4.79 Å². The van der Waals surface area contributed by atoms with E-state index < -0.39 is 0 Å². The third-order valence-corrected chi connectivity index (χ3v) is 6.47. The fourth-order valence-corrected chi connectivity index (χ4v) is 5.06. The van der Waals surface area contributed by atoms with Crippen molar-refractivity contribution < 1.29 is 14.3 Å². The summed E-state index contributed by atoms with van der Waals surface area (Å²) >= 11 is 0. The molecule has 0 aliphatic carbocycles. The fourth-order valence-electron chi connectivity index (χ4n) is 5.06. The highest BCUT2D eigenvalue weighted by molar-refractivity contribution is 6.07. The molecule has 3 aliphatic heterocycles. The second kappa shape index (κ2) is 6.31.